The van der Waals surface area contributed by atoms with E-state index < -0.39 is 17.6 Å². The van der Waals surface area contributed by atoms with E-state index in [1.54, 1.807) is 17.0 Å². The number of hydrogen-bond acceptors (Lipinski definition) is 5. The molecule has 1 saturated heterocycles. The standard InChI is InChI=1S/C23H24N4O4/c1-14-13-26(9-10-27(14)18-7-5-15-3-2-4-16(15)11-18)22(29)21(28)24-17-6-8-19-20(12-17)31-23(30)25-19/h5-8,11-12,14H,2-4,9-10,13H2,1H3,(H,24,28)(H,25,30)/t14-/m1/s1. The number of piperazine rings is 1. The van der Waals surface area contributed by atoms with Crippen LogP contribution in [0.4, 0.5) is 11.4 Å². The zero-order valence-electron chi connectivity index (χ0n) is 17.3. The van der Waals surface area contributed by atoms with Crippen molar-refractivity contribution in [2.45, 2.75) is 32.2 Å². The second-order valence-corrected chi connectivity index (χ2v) is 8.28. The highest BCUT2D eigenvalue weighted by Gasteiger charge is 2.30. The number of anilines is 2. The first-order valence-electron chi connectivity index (χ1n) is 10.6. The third-order valence-corrected chi connectivity index (χ3v) is 6.20. The molecule has 2 amide bonds. The lowest BCUT2D eigenvalue weighted by Crippen LogP contribution is -2.55. The van der Waals surface area contributed by atoms with E-state index >= 15 is 0 Å². The van der Waals surface area contributed by atoms with Crippen LogP contribution < -0.4 is 16.0 Å². The molecular weight excluding hydrogens is 396 g/mol. The normalized spacial score (nSPS) is 18.3. The quantitative estimate of drug-likeness (QED) is 0.620. The predicted molar refractivity (Wildman–Crippen MR) is 117 cm³/mol. The molecule has 3 aromatic rings. The molecule has 0 spiro atoms. The largest absolute Gasteiger partial charge is 0.417 e. The topological polar surface area (TPSA) is 98.7 Å². The number of fused-ring (bicyclic) bond motifs is 2. The lowest BCUT2D eigenvalue weighted by atomic mass is 10.1. The van der Waals surface area contributed by atoms with Crippen molar-refractivity contribution in [1.29, 1.82) is 0 Å². The minimum atomic E-state index is -0.699. The Morgan fingerprint density at radius 1 is 1.10 bits per heavy atom. The second kappa shape index (κ2) is 7.61. The molecule has 1 aliphatic heterocycles. The van der Waals surface area contributed by atoms with Gasteiger partial charge in [-0.2, -0.15) is 0 Å². The summed E-state index contributed by atoms with van der Waals surface area (Å²) < 4.78 is 5.00. The van der Waals surface area contributed by atoms with Gasteiger partial charge in [0.25, 0.3) is 0 Å². The summed E-state index contributed by atoms with van der Waals surface area (Å²) in [6.45, 7) is 3.72. The number of carbonyl (C=O) groups excluding carboxylic acids is 2. The van der Waals surface area contributed by atoms with Crippen LogP contribution >= 0.6 is 0 Å². The predicted octanol–water partition coefficient (Wildman–Crippen LogP) is 2.29. The molecule has 31 heavy (non-hydrogen) atoms. The van der Waals surface area contributed by atoms with E-state index in [0.717, 1.165) is 12.8 Å². The molecule has 2 aliphatic rings. The Balaban J connectivity index is 1.24. The zero-order chi connectivity index (χ0) is 21.5. The minimum absolute atomic E-state index is 0.107. The fraction of sp³-hybridized carbons (Fsp3) is 0.348. The van der Waals surface area contributed by atoms with Gasteiger partial charge in [0, 0.05) is 43.1 Å². The number of carbonyl (C=O) groups is 2. The molecule has 2 N–H and O–H groups in total. The van der Waals surface area contributed by atoms with Crippen molar-refractivity contribution in [3.63, 3.8) is 0 Å². The first-order chi connectivity index (χ1) is 15.0. The summed E-state index contributed by atoms with van der Waals surface area (Å²) in [7, 11) is 0. The highest BCUT2D eigenvalue weighted by molar-refractivity contribution is 6.39. The summed E-state index contributed by atoms with van der Waals surface area (Å²) in [6.07, 6.45) is 3.51. The van der Waals surface area contributed by atoms with Crippen molar-refractivity contribution < 1.29 is 14.0 Å². The summed E-state index contributed by atoms with van der Waals surface area (Å²) in [6, 6.07) is 11.5. The number of nitrogens with one attached hydrogen (secondary N) is 2. The maximum Gasteiger partial charge on any atom is 0.417 e. The molecule has 0 saturated carbocycles. The van der Waals surface area contributed by atoms with Crippen LogP contribution in [0.15, 0.2) is 45.6 Å². The van der Waals surface area contributed by atoms with Gasteiger partial charge in [-0.3, -0.25) is 14.6 Å². The van der Waals surface area contributed by atoms with E-state index in [2.05, 4.69) is 40.3 Å². The number of aryl methyl sites for hydroxylation is 2. The number of aromatic amines is 1. The van der Waals surface area contributed by atoms with Crippen LogP contribution in [-0.4, -0.2) is 47.4 Å². The van der Waals surface area contributed by atoms with Crippen molar-refractivity contribution in [3.8, 4) is 0 Å². The van der Waals surface area contributed by atoms with Crippen LogP contribution in [0, 0.1) is 0 Å². The van der Waals surface area contributed by atoms with Crippen LogP contribution in [0.2, 0.25) is 0 Å². The SMILES string of the molecule is C[C@@H]1CN(C(=O)C(=O)Nc2ccc3[nH]c(=O)oc3c2)CCN1c1ccc2c(c1)CCC2. The van der Waals surface area contributed by atoms with Gasteiger partial charge in [0.2, 0.25) is 0 Å². The van der Waals surface area contributed by atoms with Gasteiger partial charge in [-0.1, -0.05) is 6.07 Å². The van der Waals surface area contributed by atoms with Gasteiger partial charge in [-0.25, -0.2) is 4.79 Å². The Kier molecular flexibility index (Phi) is 4.77. The number of benzene rings is 2. The average molecular weight is 420 g/mol. The van der Waals surface area contributed by atoms with E-state index in [1.807, 2.05) is 0 Å². The first-order valence-corrected chi connectivity index (χ1v) is 10.6. The molecular formula is C23H24N4O4. The molecule has 1 aromatic heterocycles. The fourth-order valence-corrected chi connectivity index (χ4v) is 4.61. The van der Waals surface area contributed by atoms with Crippen molar-refractivity contribution in [3.05, 3.63) is 58.1 Å². The molecule has 1 fully saturated rings. The van der Waals surface area contributed by atoms with Gasteiger partial charge in [0.1, 0.15) is 0 Å². The monoisotopic (exact) mass is 420 g/mol. The molecule has 5 rings (SSSR count). The van der Waals surface area contributed by atoms with Crippen LogP contribution in [0.3, 0.4) is 0 Å². The third kappa shape index (κ3) is 3.69. The number of oxazole rings is 1. The molecule has 0 bridgehead atoms. The maximum absolute atomic E-state index is 12.7. The number of hydrogen-bond donors (Lipinski definition) is 2. The molecule has 0 unspecified atom stereocenters. The lowest BCUT2D eigenvalue weighted by molar-refractivity contribution is -0.143. The number of nitrogens with zero attached hydrogens (tertiary/aromatic N) is 2. The van der Waals surface area contributed by atoms with E-state index in [1.165, 1.54) is 29.3 Å². The molecule has 2 heterocycles. The zero-order valence-corrected chi connectivity index (χ0v) is 17.3. The molecule has 1 atom stereocenters. The lowest BCUT2D eigenvalue weighted by Gasteiger charge is -2.41. The van der Waals surface area contributed by atoms with Gasteiger partial charge in [-0.15, -0.1) is 0 Å². The summed E-state index contributed by atoms with van der Waals surface area (Å²) >= 11 is 0. The number of aromatic nitrogens is 1. The van der Waals surface area contributed by atoms with E-state index in [4.69, 9.17) is 4.42 Å². The summed E-state index contributed by atoms with van der Waals surface area (Å²) in [5.41, 5.74) is 5.32. The Hall–Kier alpha value is -3.55. The molecule has 8 heteroatoms. The molecule has 0 radical (unpaired) electrons. The Morgan fingerprint density at radius 2 is 1.94 bits per heavy atom. The fourth-order valence-electron chi connectivity index (χ4n) is 4.61. The smallest absolute Gasteiger partial charge is 0.408 e. The Bertz CT molecular complexity index is 1230. The maximum atomic E-state index is 12.7. The number of amides is 2. The average Bonchev–Trinajstić information content (AvgIpc) is 3.37. The van der Waals surface area contributed by atoms with E-state index in [9.17, 15) is 14.4 Å². The van der Waals surface area contributed by atoms with Gasteiger partial charge in [-0.05, 0) is 61.6 Å². The molecule has 8 nitrogen and oxygen atoms in total. The molecule has 1 aliphatic carbocycles. The Morgan fingerprint density at radius 3 is 2.77 bits per heavy atom. The summed E-state index contributed by atoms with van der Waals surface area (Å²) in [5.74, 6) is -1.82. The van der Waals surface area contributed by atoms with Crippen molar-refractivity contribution >= 4 is 34.3 Å². The van der Waals surface area contributed by atoms with E-state index in [0.29, 0.717) is 36.4 Å². The summed E-state index contributed by atoms with van der Waals surface area (Å²) in [4.78, 5) is 43.0. The van der Waals surface area contributed by atoms with Gasteiger partial charge in [0.05, 0.1) is 5.52 Å². The van der Waals surface area contributed by atoms with Gasteiger partial charge >= 0.3 is 17.6 Å². The van der Waals surface area contributed by atoms with E-state index in [-0.39, 0.29) is 6.04 Å². The van der Waals surface area contributed by atoms with Crippen LogP contribution in [-0.2, 0) is 22.4 Å². The highest BCUT2D eigenvalue weighted by atomic mass is 16.4. The molecule has 2 aromatic carbocycles. The highest BCUT2D eigenvalue weighted by Crippen LogP contribution is 2.29. The van der Waals surface area contributed by atoms with Crippen LogP contribution in [0.25, 0.3) is 11.1 Å². The first kappa shape index (κ1) is 19.4. The van der Waals surface area contributed by atoms with Gasteiger partial charge < -0.3 is 19.5 Å². The minimum Gasteiger partial charge on any atom is -0.408 e. The second-order valence-electron chi connectivity index (χ2n) is 8.28. The number of rotatable bonds is 2. The number of H-pyrrole nitrogens is 1. The van der Waals surface area contributed by atoms with Crippen LogP contribution in [0.5, 0.6) is 0 Å². The third-order valence-electron chi connectivity index (χ3n) is 6.20. The molecule has 160 valence electrons. The van der Waals surface area contributed by atoms with Crippen LogP contribution in [0.1, 0.15) is 24.5 Å². The van der Waals surface area contributed by atoms with Crippen molar-refractivity contribution in [2.75, 3.05) is 29.9 Å². The van der Waals surface area contributed by atoms with Crippen molar-refractivity contribution in [2.24, 2.45) is 0 Å². The van der Waals surface area contributed by atoms with Crippen molar-refractivity contribution in [1.82, 2.24) is 9.88 Å². The Labute approximate surface area is 178 Å². The van der Waals surface area contributed by atoms with Gasteiger partial charge in [0.15, 0.2) is 5.58 Å². The summed E-state index contributed by atoms with van der Waals surface area (Å²) in [5, 5.41) is 2.61.